The molecule has 7 heteroatoms. The summed E-state index contributed by atoms with van der Waals surface area (Å²) in [6, 6.07) is 18.1. The lowest BCUT2D eigenvalue weighted by Gasteiger charge is -2.30. The number of rotatable bonds is 5. The average Bonchev–Trinajstić information content (AvgIpc) is 3.64. The molecule has 1 amide bonds. The van der Waals surface area contributed by atoms with E-state index in [1.807, 2.05) is 49.4 Å². The second kappa shape index (κ2) is 9.15. The van der Waals surface area contributed by atoms with Gasteiger partial charge in [0.05, 0.1) is 17.5 Å². The normalized spacial score (nSPS) is 18.1. The molecule has 6 rings (SSSR count). The number of aromatic nitrogens is 3. The number of nitrogens with zero attached hydrogens (tertiary/aromatic N) is 2. The number of carbonyl (C=O) groups is 1. The number of benzene rings is 2. The lowest BCUT2D eigenvalue weighted by atomic mass is 9.78. The molecule has 3 heterocycles. The molecule has 1 saturated carbocycles. The van der Waals surface area contributed by atoms with E-state index in [0.717, 1.165) is 58.4 Å². The fourth-order valence-electron chi connectivity index (χ4n) is 5.09. The maximum absolute atomic E-state index is 13.3. The zero-order valence-electron chi connectivity index (χ0n) is 19.5. The van der Waals surface area contributed by atoms with Crippen LogP contribution in [-0.4, -0.2) is 21.1 Å². The summed E-state index contributed by atoms with van der Waals surface area (Å²) < 4.78 is 6.04. The molecule has 1 fully saturated rings. The van der Waals surface area contributed by atoms with Crippen LogP contribution in [0, 0.1) is 12.8 Å². The molecule has 2 atom stereocenters. The number of thiophene rings is 1. The lowest BCUT2D eigenvalue weighted by molar-refractivity contribution is -0.121. The predicted molar refractivity (Wildman–Crippen MR) is 139 cm³/mol. The molecule has 5 aromatic rings. The molecule has 2 N–H and O–H groups in total. The van der Waals surface area contributed by atoms with Gasteiger partial charge in [-0.25, -0.2) is 4.98 Å². The van der Waals surface area contributed by atoms with Crippen molar-refractivity contribution in [2.45, 2.75) is 38.5 Å². The van der Waals surface area contributed by atoms with Crippen molar-refractivity contribution in [2.75, 3.05) is 5.32 Å². The van der Waals surface area contributed by atoms with E-state index in [0.29, 0.717) is 11.8 Å². The van der Waals surface area contributed by atoms with Crippen molar-refractivity contribution >= 4 is 34.0 Å². The second-order valence-electron chi connectivity index (χ2n) is 9.23. The first-order chi connectivity index (χ1) is 17.2. The third-order valence-corrected chi connectivity index (χ3v) is 7.85. The van der Waals surface area contributed by atoms with Gasteiger partial charge in [-0.1, -0.05) is 37.1 Å². The molecular weight excluding hydrogens is 456 g/mol. The van der Waals surface area contributed by atoms with E-state index in [9.17, 15) is 4.79 Å². The van der Waals surface area contributed by atoms with Crippen LogP contribution < -0.4 is 5.32 Å². The zero-order chi connectivity index (χ0) is 23.8. The molecular formula is C28H26N4O2S. The minimum Gasteiger partial charge on any atom is -0.436 e. The van der Waals surface area contributed by atoms with Crippen molar-refractivity contribution in [1.82, 2.24) is 15.2 Å². The Morgan fingerprint density at radius 1 is 1.11 bits per heavy atom. The Balaban J connectivity index is 1.26. The second-order valence-corrected chi connectivity index (χ2v) is 10.2. The fraction of sp³-hybridized carbons (Fsp3) is 0.250. The Bertz CT molecular complexity index is 1480. The van der Waals surface area contributed by atoms with Crippen molar-refractivity contribution in [3.63, 3.8) is 0 Å². The van der Waals surface area contributed by atoms with Crippen molar-refractivity contribution in [2.24, 2.45) is 5.92 Å². The summed E-state index contributed by atoms with van der Waals surface area (Å²) in [5, 5.41) is 12.6. The minimum atomic E-state index is -0.00280. The number of hydrogen-bond acceptors (Lipinski definition) is 5. The van der Waals surface area contributed by atoms with Gasteiger partial charge in [0.15, 0.2) is 5.58 Å². The first kappa shape index (κ1) is 21.8. The number of anilines is 1. The number of aryl methyl sites for hydroxylation is 1. The smallest absolute Gasteiger partial charge is 0.231 e. The highest BCUT2D eigenvalue weighted by atomic mass is 32.1. The standard InChI is InChI=1S/C28H26N4O2S/c1-17-11-12-23-24(14-17)34-28(31-23)22-16-29-32-26(22)18-6-4-7-19(15-18)30-27(33)21-9-3-2-8-20(21)25-10-5-13-35-25/h4-7,10-16,20-21H,2-3,8-9H2,1H3,(H,29,32)(H,30,33). The predicted octanol–water partition coefficient (Wildman–Crippen LogP) is 7.17. The molecule has 0 spiro atoms. The summed E-state index contributed by atoms with van der Waals surface area (Å²) >= 11 is 1.75. The van der Waals surface area contributed by atoms with E-state index < -0.39 is 0 Å². The highest BCUT2D eigenvalue weighted by Crippen LogP contribution is 2.40. The van der Waals surface area contributed by atoms with E-state index >= 15 is 0 Å². The Kier molecular flexibility index (Phi) is 5.70. The van der Waals surface area contributed by atoms with Crippen LogP contribution in [0.3, 0.4) is 0 Å². The van der Waals surface area contributed by atoms with Gasteiger partial charge in [0.25, 0.3) is 0 Å². The first-order valence-corrected chi connectivity index (χ1v) is 12.9. The SMILES string of the molecule is Cc1ccc2nc(-c3cn[nH]c3-c3cccc(NC(=O)C4CCCCC4c4cccs4)c3)oc2c1. The number of H-pyrrole nitrogens is 1. The Morgan fingerprint density at radius 3 is 2.91 bits per heavy atom. The zero-order valence-corrected chi connectivity index (χ0v) is 20.3. The van der Waals surface area contributed by atoms with Crippen molar-refractivity contribution < 1.29 is 9.21 Å². The van der Waals surface area contributed by atoms with Crippen molar-refractivity contribution in [3.05, 3.63) is 76.6 Å². The van der Waals surface area contributed by atoms with Gasteiger partial charge in [-0.15, -0.1) is 11.3 Å². The molecule has 35 heavy (non-hydrogen) atoms. The number of hydrogen-bond donors (Lipinski definition) is 2. The van der Waals surface area contributed by atoms with Crippen LogP contribution in [0.25, 0.3) is 33.8 Å². The molecule has 1 aliphatic carbocycles. The third kappa shape index (κ3) is 4.28. The quantitative estimate of drug-likeness (QED) is 0.278. The van der Waals surface area contributed by atoms with Crippen LogP contribution in [0.15, 0.2) is 70.6 Å². The third-order valence-electron chi connectivity index (χ3n) is 6.84. The van der Waals surface area contributed by atoms with Crippen LogP contribution in [0.1, 0.15) is 42.0 Å². The highest BCUT2D eigenvalue weighted by Gasteiger charge is 2.32. The Hall–Kier alpha value is -3.71. The lowest BCUT2D eigenvalue weighted by Crippen LogP contribution is -2.30. The van der Waals surface area contributed by atoms with Gasteiger partial charge in [0, 0.05) is 28.0 Å². The average molecular weight is 483 g/mol. The van der Waals surface area contributed by atoms with Crippen LogP contribution >= 0.6 is 11.3 Å². The van der Waals surface area contributed by atoms with E-state index in [-0.39, 0.29) is 11.8 Å². The number of carbonyl (C=O) groups excluding carboxylic acids is 1. The van der Waals surface area contributed by atoms with Gasteiger partial charge in [-0.05, 0) is 61.0 Å². The van der Waals surface area contributed by atoms with Gasteiger partial charge in [-0.2, -0.15) is 5.10 Å². The van der Waals surface area contributed by atoms with E-state index in [1.54, 1.807) is 17.5 Å². The van der Waals surface area contributed by atoms with Gasteiger partial charge < -0.3 is 9.73 Å². The molecule has 0 aliphatic heterocycles. The molecule has 2 aromatic carbocycles. The summed E-state index contributed by atoms with van der Waals surface area (Å²) in [6.45, 7) is 2.03. The number of nitrogens with one attached hydrogen (secondary N) is 2. The van der Waals surface area contributed by atoms with Crippen LogP contribution in [0.4, 0.5) is 5.69 Å². The number of aromatic amines is 1. The highest BCUT2D eigenvalue weighted by molar-refractivity contribution is 7.10. The number of oxazole rings is 1. The van der Waals surface area contributed by atoms with E-state index in [1.165, 1.54) is 11.3 Å². The molecule has 0 radical (unpaired) electrons. The first-order valence-electron chi connectivity index (χ1n) is 12.0. The summed E-state index contributed by atoms with van der Waals surface area (Å²) in [7, 11) is 0. The Morgan fingerprint density at radius 2 is 2.03 bits per heavy atom. The molecule has 2 unspecified atom stereocenters. The Labute approximate surface area is 207 Å². The molecule has 6 nitrogen and oxygen atoms in total. The van der Waals surface area contributed by atoms with Crippen molar-refractivity contribution in [3.8, 4) is 22.7 Å². The van der Waals surface area contributed by atoms with Gasteiger partial charge >= 0.3 is 0 Å². The number of amides is 1. The van der Waals surface area contributed by atoms with E-state index in [4.69, 9.17) is 4.42 Å². The summed E-state index contributed by atoms with van der Waals surface area (Å²) in [6.07, 6.45) is 6.00. The largest absolute Gasteiger partial charge is 0.436 e. The summed E-state index contributed by atoms with van der Waals surface area (Å²) in [5.74, 6) is 0.912. The minimum absolute atomic E-state index is 0.00280. The van der Waals surface area contributed by atoms with Crippen molar-refractivity contribution in [1.29, 1.82) is 0 Å². The maximum atomic E-state index is 13.3. The molecule has 0 saturated heterocycles. The molecule has 1 aliphatic rings. The van der Waals surface area contributed by atoms with Gasteiger partial charge in [0.1, 0.15) is 5.52 Å². The molecule has 176 valence electrons. The maximum Gasteiger partial charge on any atom is 0.231 e. The fourth-order valence-corrected chi connectivity index (χ4v) is 6.02. The van der Waals surface area contributed by atoms with Gasteiger partial charge in [-0.3, -0.25) is 9.89 Å². The topological polar surface area (TPSA) is 83.8 Å². The van der Waals surface area contributed by atoms with Crippen LogP contribution in [0.2, 0.25) is 0 Å². The summed E-state index contributed by atoms with van der Waals surface area (Å²) in [4.78, 5) is 19.3. The summed E-state index contributed by atoms with van der Waals surface area (Å²) in [5.41, 5.74) is 5.96. The van der Waals surface area contributed by atoms with Crippen LogP contribution in [-0.2, 0) is 4.79 Å². The monoisotopic (exact) mass is 482 g/mol. The van der Waals surface area contributed by atoms with Gasteiger partial charge in [0.2, 0.25) is 11.8 Å². The molecule has 0 bridgehead atoms. The molecule has 3 aromatic heterocycles. The number of fused-ring (bicyclic) bond motifs is 1. The van der Waals surface area contributed by atoms with E-state index in [2.05, 4.69) is 38.0 Å². The van der Waals surface area contributed by atoms with Crippen LogP contribution in [0.5, 0.6) is 0 Å².